The van der Waals surface area contributed by atoms with Gasteiger partial charge in [-0.1, -0.05) is 60.7 Å². The number of hydrogen-bond donors (Lipinski definition) is 2. The Bertz CT molecular complexity index is 1390. The summed E-state index contributed by atoms with van der Waals surface area (Å²) in [5.41, 5.74) is 0.119. The molecular weight excluding hydrogens is 556 g/mol. The maximum Gasteiger partial charge on any atom is 0.333 e. The van der Waals surface area contributed by atoms with Crippen molar-refractivity contribution in [2.24, 2.45) is 0 Å². The summed E-state index contributed by atoms with van der Waals surface area (Å²) in [7, 11) is 0. The molecule has 0 spiro atoms. The molecule has 0 aliphatic heterocycles. The number of carbonyl (C=O) groups excluding carboxylic acids is 2. The van der Waals surface area contributed by atoms with Gasteiger partial charge in [-0.2, -0.15) is 0 Å². The van der Waals surface area contributed by atoms with Crippen LogP contribution in [-0.2, 0) is 43.4 Å². The number of nitrogens with one attached hydrogen (secondary N) is 2. The van der Waals surface area contributed by atoms with Gasteiger partial charge in [0, 0.05) is 85.4 Å². The predicted octanol–water partition coefficient (Wildman–Crippen LogP) is 4.40. The molecule has 0 aliphatic rings. The molecular formula is C34H38N6O4. The zero-order valence-corrected chi connectivity index (χ0v) is 25.4. The standard InChI is InChI=1S/C34H38N6O4/c1-25(2)39-33(27-11-7-5-8-12-27,21-29-23-35-17-19-37-29)43-31(41)15-16-32(42)44-34(40-26(3)4,28-13-9-6-10-14-28)22-30-24-36-18-20-38-30/h5-20,23-26,39-40H,21-22H2,1-4H3/b16-15+. The third-order valence-corrected chi connectivity index (χ3v) is 6.52. The summed E-state index contributed by atoms with van der Waals surface area (Å²) >= 11 is 0. The molecule has 0 bridgehead atoms. The maximum absolute atomic E-state index is 13.4. The van der Waals surface area contributed by atoms with Crippen LogP contribution in [0.1, 0.15) is 50.2 Å². The van der Waals surface area contributed by atoms with Crippen molar-refractivity contribution in [3.8, 4) is 0 Å². The summed E-state index contributed by atoms with van der Waals surface area (Å²) in [6.07, 6.45) is 12.2. The van der Waals surface area contributed by atoms with Gasteiger partial charge in [0.25, 0.3) is 0 Å². The average Bonchev–Trinajstić information content (AvgIpc) is 3.01. The topological polar surface area (TPSA) is 128 Å². The number of carbonyl (C=O) groups is 2. The second-order valence-electron chi connectivity index (χ2n) is 10.9. The Morgan fingerprint density at radius 2 is 1.05 bits per heavy atom. The highest BCUT2D eigenvalue weighted by Crippen LogP contribution is 2.30. The van der Waals surface area contributed by atoms with Crippen LogP contribution in [-0.4, -0.2) is 44.0 Å². The lowest BCUT2D eigenvalue weighted by Crippen LogP contribution is -2.51. The summed E-state index contributed by atoms with van der Waals surface area (Å²) in [4.78, 5) is 43.9. The molecule has 0 aliphatic carbocycles. The molecule has 2 aromatic heterocycles. The second-order valence-corrected chi connectivity index (χ2v) is 10.9. The lowest BCUT2D eigenvalue weighted by Gasteiger charge is -2.36. The molecule has 0 saturated heterocycles. The van der Waals surface area contributed by atoms with E-state index in [9.17, 15) is 9.59 Å². The highest BCUT2D eigenvalue weighted by atomic mass is 16.6. The van der Waals surface area contributed by atoms with Gasteiger partial charge in [0.05, 0.1) is 11.4 Å². The molecule has 2 unspecified atom stereocenters. The van der Waals surface area contributed by atoms with Gasteiger partial charge in [0.15, 0.2) is 11.4 Å². The zero-order chi connectivity index (χ0) is 31.4. The molecule has 4 aromatic rings. The van der Waals surface area contributed by atoms with Crippen molar-refractivity contribution in [1.29, 1.82) is 0 Å². The Morgan fingerprint density at radius 1 is 0.659 bits per heavy atom. The molecule has 2 aromatic carbocycles. The van der Waals surface area contributed by atoms with Crippen molar-refractivity contribution in [3.63, 3.8) is 0 Å². The number of aromatic nitrogens is 4. The summed E-state index contributed by atoms with van der Waals surface area (Å²) in [5, 5.41) is 6.80. The highest BCUT2D eigenvalue weighted by Gasteiger charge is 2.39. The Kier molecular flexibility index (Phi) is 11.0. The van der Waals surface area contributed by atoms with Crippen molar-refractivity contribution >= 4 is 11.9 Å². The zero-order valence-electron chi connectivity index (χ0n) is 25.4. The van der Waals surface area contributed by atoms with Gasteiger partial charge in [-0.15, -0.1) is 0 Å². The van der Waals surface area contributed by atoms with Crippen LogP contribution in [0.2, 0.25) is 0 Å². The highest BCUT2D eigenvalue weighted by molar-refractivity contribution is 5.92. The van der Waals surface area contributed by atoms with Gasteiger partial charge in [-0.25, -0.2) is 9.59 Å². The predicted molar refractivity (Wildman–Crippen MR) is 166 cm³/mol. The molecule has 2 atom stereocenters. The molecule has 0 saturated carbocycles. The number of rotatable bonds is 14. The van der Waals surface area contributed by atoms with Gasteiger partial charge >= 0.3 is 11.9 Å². The van der Waals surface area contributed by atoms with E-state index in [1.807, 2.05) is 88.4 Å². The fourth-order valence-electron chi connectivity index (χ4n) is 4.97. The van der Waals surface area contributed by atoms with Gasteiger partial charge in [-0.05, 0) is 27.7 Å². The smallest absolute Gasteiger partial charge is 0.333 e. The van der Waals surface area contributed by atoms with Crippen molar-refractivity contribution in [3.05, 3.63) is 133 Å². The number of esters is 2. The third-order valence-electron chi connectivity index (χ3n) is 6.52. The van der Waals surface area contributed by atoms with Crippen LogP contribution in [0.25, 0.3) is 0 Å². The van der Waals surface area contributed by atoms with Gasteiger partial charge in [-0.3, -0.25) is 30.6 Å². The van der Waals surface area contributed by atoms with Gasteiger partial charge in [0.2, 0.25) is 0 Å². The van der Waals surface area contributed by atoms with Crippen LogP contribution in [0.15, 0.2) is 110 Å². The first-order chi connectivity index (χ1) is 21.2. The van der Waals surface area contributed by atoms with Crippen molar-refractivity contribution in [2.75, 3.05) is 0 Å². The summed E-state index contributed by atoms with van der Waals surface area (Å²) in [5.74, 6) is -1.47. The number of benzene rings is 2. The molecule has 10 nitrogen and oxygen atoms in total. The van der Waals surface area contributed by atoms with E-state index < -0.39 is 23.4 Å². The SMILES string of the molecule is CC(C)NC(Cc1cnccn1)(OC(=O)/C=C/C(=O)OC(Cc1cnccn1)(NC(C)C)c1ccccc1)c1ccccc1. The maximum atomic E-state index is 13.4. The Hall–Kier alpha value is -4.80. The molecule has 10 heteroatoms. The lowest BCUT2D eigenvalue weighted by atomic mass is 9.96. The largest absolute Gasteiger partial charge is 0.436 e. The van der Waals surface area contributed by atoms with Crippen molar-refractivity contribution in [2.45, 2.75) is 64.1 Å². The first-order valence-corrected chi connectivity index (χ1v) is 14.5. The number of nitrogens with zero attached hydrogens (tertiary/aromatic N) is 4. The van der Waals surface area contributed by atoms with E-state index in [2.05, 4.69) is 30.6 Å². The first-order valence-electron chi connectivity index (χ1n) is 14.5. The van der Waals surface area contributed by atoms with Crippen LogP contribution >= 0.6 is 0 Å². The van der Waals surface area contributed by atoms with Crippen LogP contribution < -0.4 is 10.6 Å². The van der Waals surface area contributed by atoms with Gasteiger partial charge in [0.1, 0.15) is 0 Å². The third kappa shape index (κ3) is 8.85. The number of hydrogen-bond acceptors (Lipinski definition) is 10. The van der Waals surface area contributed by atoms with E-state index >= 15 is 0 Å². The van der Waals surface area contributed by atoms with E-state index in [-0.39, 0.29) is 24.9 Å². The Labute approximate surface area is 258 Å². The van der Waals surface area contributed by atoms with E-state index in [4.69, 9.17) is 9.47 Å². The molecule has 2 N–H and O–H groups in total. The molecule has 2 heterocycles. The fraction of sp³-hybridized carbons (Fsp3) is 0.294. The summed E-state index contributed by atoms with van der Waals surface area (Å²) in [6.45, 7) is 7.82. The molecule has 0 radical (unpaired) electrons. The monoisotopic (exact) mass is 594 g/mol. The van der Waals surface area contributed by atoms with E-state index in [1.54, 1.807) is 37.2 Å². The minimum absolute atomic E-state index is 0.0664. The normalized spacial score (nSPS) is 14.2. The number of ether oxygens (including phenoxy) is 2. The molecule has 44 heavy (non-hydrogen) atoms. The van der Waals surface area contributed by atoms with Crippen molar-refractivity contribution < 1.29 is 19.1 Å². The molecule has 0 fully saturated rings. The summed E-state index contributed by atoms with van der Waals surface area (Å²) < 4.78 is 12.2. The van der Waals surface area contributed by atoms with Crippen LogP contribution in [0.5, 0.6) is 0 Å². The quantitative estimate of drug-likeness (QED) is 0.123. The van der Waals surface area contributed by atoms with E-state index in [0.29, 0.717) is 11.4 Å². The minimum atomic E-state index is -1.28. The van der Waals surface area contributed by atoms with Crippen LogP contribution in [0.3, 0.4) is 0 Å². The molecule has 0 amide bonds. The van der Waals surface area contributed by atoms with Crippen LogP contribution in [0, 0.1) is 0 Å². The van der Waals surface area contributed by atoms with Crippen molar-refractivity contribution in [1.82, 2.24) is 30.6 Å². The van der Waals surface area contributed by atoms with Gasteiger partial charge < -0.3 is 9.47 Å². The van der Waals surface area contributed by atoms with E-state index in [0.717, 1.165) is 23.3 Å². The Balaban J connectivity index is 1.62. The fourth-order valence-corrected chi connectivity index (χ4v) is 4.97. The van der Waals surface area contributed by atoms with E-state index in [1.165, 1.54) is 0 Å². The second kappa shape index (κ2) is 15.1. The molecule has 228 valence electrons. The van der Waals surface area contributed by atoms with Crippen LogP contribution in [0.4, 0.5) is 0 Å². The average molecular weight is 595 g/mol. The molecule has 4 rings (SSSR count). The summed E-state index contributed by atoms with van der Waals surface area (Å²) in [6, 6.07) is 18.6. The lowest BCUT2D eigenvalue weighted by molar-refractivity contribution is -0.163. The Morgan fingerprint density at radius 3 is 1.36 bits per heavy atom. The first kappa shape index (κ1) is 32.1. The minimum Gasteiger partial charge on any atom is -0.436 e.